The van der Waals surface area contributed by atoms with Gasteiger partial charge in [-0.15, -0.1) is 0 Å². The number of likely N-dealkylation sites (N-methyl/N-ethyl adjacent to an activating group) is 2. The van der Waals surface area contributed by atoms with Gasteiger partial charge in [0, 0.05) is 38.4 Å². The zero-order chi connectivity index (χ0) is 24.9. The average Bonchev–Trinajstić information content (AvgIpc) is 2.69. The summed E-state index contributed by atoms with van der Waals surface area (Å²) < 4.78 is 10.0. The van der Waals surface area contributed by atoms with Crippen LogP contribution in [-0.2, 0) is 28.7 Å². The smallest absolute Gasteiger partial charge is 0.332 e. The van der Waals surface area contributed by atoms with Gasteiger partial charge in [0.15, 0.2) is 0 Å². The Hall–Kier alpha value is -1.85. The van der Waals surface area contributed by atoms with E-state index in [1.165, 1.54) is 42.5 Å². The number of carbonyl (C=O) groups is 4. The summed E-state index contributed by atoms with van der Waals surface area (Å²) >= 11 is 1.39. The van der Waals surface area contributed by atoms with Crippen LogP contribution in [0.15, 0.2) is 0 Å². The van der Waals surface area contributed by atoms with Gasteiger partial charge in [0.05, 0.1) is 18.8 Å². The van der Waals surface area contributed by atoms with Crippen molar-refractivity contribution >= 4 is 35.5 Å². The van der Waals surface area contributed by atoms with Crippen LogP contribution in [0, 0.1) is 0 Å². The molecule has 0 aliphatic heterocycles. The Morgan fingerprint density at radius 1 is 1.09 bits per heavy atom. The Morgan fingerprint density at radius 2 is 1.72 bits per heavy atom. The van der Waals surface area contributed by atoms with Crippen molar-refractivity contribution in [3.05, 3.63) is 0 Å². The van der Waals surface area contributed by atoms with Crippen molar-refractivity contribution in [3.8, 4) is 0 Å². The molecule has 0 aliphatic carbocycles. The van der Waals surface area contributed by atoms with Crippen LogP contribution in [0.3, 0.4) is 0 Å². The maximum Gasteiger partial charge on any atom is 0.332 e. The van der Waals surface area contributed by atoms with E-state index in [0.717, 1.165) is 0 Å². The van der Waals surface area contributed by atoms with Crippen molar-refractivity contribution in [1.82, 2.24) is 9.80 Å². The summed E-state index contributed by atoms with van der Waals surface area (Å²) in [7, 11) is 3.00. The number of ether oxygens (including phenoxy) is 2. The molecule has 0 fully saturated rings. The number of nitrogens with zero attached hydrogens (tertiary/aromatic N) is 2. The van der Waals surface area contributed by atoms with E-state index in [2.05, 4.69) is 0 Å². The Bertz CT molecular complexity index is 625. The average molecular weight is 478 g/mol. The lowest BCUT2D eigenvalue weighted by molar-refractivity contribution is -0.148. The molecule has 0 aromatic rings. The van der Waals surface area contributed by atoms with Gasteiger partial charge in [-0.25, -0.2) is 4.79 Å². The van der Waals surface area contributed by atoms with E-state index in [0.29, 0.717) is 18.6 Å². The molecule has 0 rings (SSSR count). The number of hydrogen-bond acceptors (Lipinski definition) is 8. The summed E-state index contributed by atoms with van der Waals surface area (Å²) in [5.74, 6) is -1.04. The van der Waals surface area contributed by atoms with E-state index < -0.39 is 35.5 Å². The first kappa shape index (κ1) is 30.1. The molecule has 0 aromatic carbocycles. The standard InChI is InChI=1S/C21H39N3O7S/c1-7-9-17(25)23(5)16(14-32-11-10-30-13-18(26)31-8-2)20(28)24(6)15(19(22)27)12-21(3,4)29/h15-16,29H,7-14H2,1-6H3,(H2,22,27)/t15-,16+/m0/s1. The molecule has 11 heteroatoms. The van der Waals surface area contributed by atoms with Gasteiger partial charge in [-0.2, -0.15) is 11.8 Å². The van der Waals surface area contributed by atoms with Gasteiger partial charge < -0.3 is 30.1 Å². The fraction of sp³-hybridized carbons (Fsp3) is 0.810. The topological polar surface area (TPSA) is 139 Å². The molecule has 0 saturated carbocycles. The molecule has 32 heavy (non-hydrogen) atoms. The highest BCUT2D eigenvalue weighted by atomic mass is 32.2. The first-order valence-corrected chi connectivity index (χ1v) is 11.9. The third kappa shape index (κ3) is 11.7. The summed E-state index contributed by atoms with van der Waals surface area (Å²) in [5.41, 5.74) is 4.27. The van der Waals surface area contributed by atoms with E-state index in [4.69, 9.17) is 15.2 Å². The highest BCUT2D eigenvalue weighted by molar-refractivity contribution is 7.99. The number of thioether (sulfide) groups is 1. The van der Waals surface area contributed by atoms with Crippen LogP contribution in [0.2, 0.25) is 0 Å². The minimum Gasteiger partial charge on any atom is -0.464 e. The molecule has 3 N–H and O–H groups in total. The number of rotatable bonds is 16. The summed E-state index contributed by atoms with van der Waals surface area (Å²) in [4.78, 5) is 51.5. The highest BCUT2D eigenvalue weighted by Crippen LogP contribution is 2.18. The fourth-order valence-electron chi connectivity index (χ4n) is 2.87. The number of nitrogens with two attached hydrogens (primary N) is 1. The van der Waals surface area contributed by atoms with Crippen molar-refractivity contribution in [2.45, 2.75) is 64.6 Å². The maximum absolute atomic E-state index is 13.2. The second kappa shape index (κ2) is 15.1. The van der Waals surface area contributed by atoms with E-state index in [1.54, 1.807) is 14.0 Å². The molecule has 0 radical (unpaired) electrons. The van der Waals surface area contributed by atoms with Crippen LogP contribution in [0.1, 0.15) is 47.0 Å². The highest BCUT2D eigenvalue weighted by Gasteiger charge is 2.36. The first-order valence-electron chi connectivity index (χ1n) is 10.7. The minimum absolute atomic E-state index is 0.0290. The lowest BCUT2D eigenvalue weighted by Gasteiger charge is -2.35. The fourth-order valence-corrected chi connectivity index (χ4v) is 3.87. The van der Waals surface area contributed by atoms with Crippen LogP contribution in [0.5, 0.6) is 0 Å². The van der Waals surface area contributed by atoms with Gasteiger partial charge in [-0.05, 0) is 27.2 Å². The molecule has 0 saturated heterocycles. The Balaban J connectivity index is 5.18. The predicted molar refractivity (Wildman–Crippen MR) is 123 cm³/mol. The third-order valence-electron chi connectivity index (χ3n) is 4.62. The summed E-state index contributed by atoms with van der Waals surface area (Å²) in [6.45, 7) is 7.05. The van der Waals surface area contributed by atoms with Crippen molar-refractivity contribution < 1.29 is 33.8 Å². The van der Waals surface area contributed by atoms with Gasteiger partial charge in [0.1, 0.15) is 18.7 Å². The second-order valence-corrected chi connectivity index (χ2v) is 9.24. The second-order valence-electron chi connectivity index (χ2n) is 8.09. The molecule has 3 amide bonds. The van der Waals surface area contributed by atoms with Crippen LogP contribution in [0.25, 0.3) is 0 Å². The predicted octanol–water partition coefficient (Wildman–Crippen LogP) is 0.400. The molecule has 0 bridgehead atoms. The van der Waals surface area contributed by atoms with E-state index >= 15 is 0 Å². The van der Waals surface area contributed by atoms with Gasteiger partial charge in [0.25, 0.3) is 0 Å². The van der Waals surface area contributed by atoms with Gasteiger partial charge in [-0.3, -0.25) is 14.4 Å². The number of esters is 1. The number of aliphatic hydroxyl groups is 1. The monoisotopic (exact) mass is 477 g/mol. The van der Waals surface area contributed by atoms with Crippen molar-refractivity contribution in [2.24, 2.45) is 5.73 Å². The molecule has 2 atom stereocenters. The van der Waals surface area contributed by atoms with Gasteiger partial charge >= 0.3 is 5.97 Å². The molecule has 0 unspecified atom stereocenters. The summed E-state index contributed by atoms with van der Waals surface area (Å²) in [6.07, 6.45) is 0.899. The molecule has 0 aliphatic rings. The maximum atomic E-state index is 13.2. The van der Waals surface area contributed by atoms with Crippen LogP contribution in [0.4, 0.5) is 0 Å². The number of amides is 3. The van der Waals surface area contributed by atoms with E-state index in [1.807, 2.05) is 6.92 Å². The first-order chi connectivity index (χ1) is 14.9. The largest absolute Gasteiger partial charge is 0.464 e. The third-order valence-corrected chi connectivity index (χ3v) is 5.63. The molecular formula is C21H39N3O7S. The molecule has 10 nitrogen and oxygen atoms in total. The Kier molecular flexibility index (Phi) is 14.2. The molecule has 0 spiro atoms. The molecule has 0 heterocycles. The normalized spacial score (nSPS) is 13.2. The quantitative estimate of drug-likeness (QED) is 0.240. The molecular weight excluding hydrogens is 438 g/mol. The zero-order valence-corrected chi connectivity index (χ0v) is 20.9. The van der Waals surface area contributed by atoms with Gasteiger partial charge in [0.2, 0.25) is 17.7 Å². The van der Waals surface area contributed by atoms with Crippen LogP contribution >= 0.6 is 11.8 Å². The summed E-state index contributed by atoms with van der Waals surface area (Å²) in [6, 6.07) is -1.84. The number of hydrogen-bond donors (Lipinski definition) is 2. The van der Waals surface area contributed by atoms with Crippen LogP contribution < -0.4 is 5.73 Å². The van der Waals surface area contributed by atoms with Crippen LogP contribution in [-0.4, -0.2) is 102 Å². The lowest BCUT2D eigenvalue weighted by Crippen LogP contribution is -2.56. The van der Waals surface area contributed by atoms with Crippen molar-refractivity contribution in [1.29, 1.82) is 0 Å². The van der Waals surface area contributed by atoms with Crippen molar-refractivity contribution in [2.75, 3.05) is 45.4 Å². The zero-order valence-electron chi connectivity index (χ0n) is 20.1. The van der Waals surface area contributed by atoms with E-state index in [9.17, 15) is 24.3 Å². The van der Waals surface area contributed by atoms with Crippen molar-refractivity contribution in [3.63, 3.8) is 0 Å². The number of primary amides is 1. The molecule has 186 valence electrons. The lowest BCUT2D eigenvalue weighted by atomic mass is 9.97. The Labute approximate surface area is 195 Å². The van der Waals surface area contributed by atoms with E-state index in [-0.39, 0.29) is 37.9 Å². The number of carbonyl (C=O) groups excluding carboxylic acids is 4. The minimum atomic E-state index is -1.21. The molecule has 0 aromatic heterocycles. The SMILES string of the molecule is CCCC(=O)N(C)[C@H](CSCCOCC(=O)OCC)C(=O)N(C)[C@@H](CC(C)(C)O)C(N)=O. The summed E-state index contributed by atoms with van der Waals surface area (Å²) in [5, 5.41) is 10.1. The Morgan fingerprint density at radius 3 is 2.22 bits per heavy atom. The van der Waals surface area contributed by atoms with Gasteiger partial charge in [-0.1, -0.05) is 6.92 Å².